The van der Waals surface area contributed by atoms with E-state index in [2.05, 4.69) is 19.2 Å². The second-order valence-electron chi connectivity index (χ2n) is 4.97. The Balaban J connectivity index is 2.07. The molecule has 1 aromatic rings. The van der Waals surface area contributed by atoms with Crippen LogP contribution in [0.3, 0.4) is 0 Å². The second-order valence-corrected chi connectivity index (χ2v) is 4.97. The molecule has 1 heterocycles. The molecular formula is C14H20N2O3. The zero-order valence-electron chi connectivity index (χ0n) is 11.3. The van der Waals surface area contributed by atoms with E-state index in [1.165, 1.54) is 0 Å². The summed E-state index contributed by atoms with van der Waals surface area (Å²) < 4.78 is 10.5. The van der Waals surface area contributed by atoms with Crippen LogP contribution in [0.5, 0.6) is 11.5 Å². The van der Waals surface area contributed by atoms with Crippen molar-refractivity contribution < 1.29 is 14.3 Å². The quantitative estimate of drug-likeness (QED) is 0.845. The van der Waals surface area contributed by atoms with Gasteiger partial charge in [0.2, 0.25) is 6.79 Å². The second kappa shape index (κ2) is 5.93. The smallest absolute Gasteiger partial charge is 0.251 e. The molecule has 19 heavy (non-hydrogen) atoms. The minimum absolute atomic E-state index is 0.0860. The number of nitrogens with one attached hydrogen (secondary N) is 1. The Hall–Kier alpha value is -1.75. The van der Waals surface area contributed by atoms with Gasteiger partial charge in [-0.15, -0.1) is 0 Å². The van der Waals surface area contributed by atoms with E-state index in [0.29, 0.717) is 29.5 Å². The van der Waals surface area contributed by atoms with E-state index >= 15 is 0 Å². The monoisotopic (exact) mass is 264 g/mol. The van der Waals surface area contributed by atoms with Crippen molar-refractivity contribution in [1.29, 1.82) is 0 Å². The van der Waals surface area contributed by atoms with Crippen molar-refractivity contribution in [3.63, 3.8) is 0 Å². The third kappa shape index (κ3) is 3.17. The molecule has 0 spiro atoms. The standard InChI is InChI=1S/C14H20N2O3/c1-9(2)11(5-6-15)16-14(17)10-3-4-12-13(7-10)19-8-18-12/h3-4,7,9,11H,5-6,8,15H2,1-2H3,(H,16,17). The molecule has 0 aliphatic carbocycles. The van der Waals surface area contributed by atoms with Crippen LogP contribution in [0.25, 0.3) is 0 Å². The molecule has 104 valence electrons. The van der Waals surface area contributed by atoms with Crippen LogP contribution in [0.4, 0.5) is 0 Å². The van der Waals surface area contributed by atoms with E-state index in [0.717, 1.165) is 6.42 Å². The average molecular weight is 264 g/mol. The molecule has 3 N–H and O–H groups in total. The lowest BCUT2D eigenvalue weighted by Gasteiger charge is -2.21. The van der Waals surface area contributed by atoms with Gasteiger partial charge in [0.1, 0.15) is 0 Å². The van der Waals surface area contributed by atoms with E-state index in [1.54, 1.807) is 18.2 Å². The highest BCUT2D eigenvalue weighted by molar-refractivity contribution is 5.95. The molecule has 0 aromatic heterocycles. The van der Waals surface area contributed by atoms with Crippen molar-refractivity contribution in [2.45, 2.75) is 26.3 Å². The summed E-state index contributed by atoms with van der Waals surface area (Å²) in [4.78, 5) is 12.2. The maximum absolute atomic E-state index is 12.2. The van der Waals surface area contributed by atoms with Gasteiger partial charge < -0.3 is 20.5 Å². The lowest BCUT2D eigenvalue weighted by atomic mass is 10.0. The summed E-state index contributed by atoms with van der Waals surface area (Å²) in [6.07, 6.45) is 0.772. The summed E-state index contributed by atoms with van der Waals surface area (Å²) in [5, 5.41) is 3.01. The first-order valence-corrected chi connectivity index (χ1v) is 6.52. The van der Waals surface area contributed by atoms with Gasteiger partial charge in [-0.25, -0.2) is 0 Å². The highest BCUT2D eigenvalue weighted by Gasteiger charge is 2.19. The van der Waals surface area contributed by atoms with E-state index in [1.807, 2.05) is 0 Å². The number of rotatable bonds is 5. The van der Waals surface area contributed by atoms with Crippen molar-refractivity contribution >= 4 is 5.91 Å². The largest absolute Gasteiger partial charge is 0.454 e. The highest BCUT2D eigenvalue weighted by Crippen LogP contribution is 2.32. The van der Waals surface area contributed by atoms with Gasteiger partial charge in [0.05, 0.1) is 0 Å². The maximum atomic E-state index is 12.2. The molecule has 1 unspecified atom stereocenters. The molecule has 1 atom stereocenters. The fourth-order valence-corrected chi connectivity index (χ4v) is 2.04. The average Bonchev–Trinajstić information content (AvgIpc) is 2.85. The summed E-state index contributed by atoms with van der Waals surface area (Å²) in [7, 11) is 0. The third-order valence-electron chi connectivity index (χ3n) is 3.23. The van der Waals surface area contributed by atoms with Crippen LogP contribution >= 0.6 is 0 Å². The topological polar surface area (TPSA) is 73.6 Å². The van der Waals surface area contributed by atoms with Crippen LogP contribution in [-0.2, 0) is 0 Å². The zero-order valence-corrected chi connectivity index (χ0v) is 11.3. The van der Waals surface area contributed by atoms with Crippen molar-refractivity contribution in [2.24, 2.45) is 11.7 Å². The van der Waals surface area contributed by atoms with Crippen LogP contribution in [0, 0.1) is 5.92 Å². The molecule has 0 fully saturated rings. The molecular weight excluding hydrogens is 244 g/mol. The van der Waals surface area contributed by atoms with Crippen molar-refractivity contribution in [1.82, 2.24) is 5.32 Å². The minimum Gasteiger partial charge on any atom is -0.454 e. The number of benzene rings is 1. The van der Waals surface area contributed by atoms with Gasteiger partial charge in [-0.1, -0.05) is 13.8 Å². The molecule has 0 saturated heterocycles. The minimum atomic E-state index is -0.106. The predicted molar refractivity (Wildman–Crippen MR) is 72.3 cm³/mol. The molecule has 1 aliphatic rings. The zero-order chi connectivity index (χ0) is 13.8. The highest BCUT2D eigenvalue weighted by atomic mass is 16.7. The molecule has 0 saturated carbocycles. The van der Waals surface area contributed by atoms with Gasteiger partial charge >= 0.3 is 0 Å². The molecule has 0 bridgehead atoms. The van der Waals surface area contributed by atoms with Gasteiger partial charge in [-0.05, 0) is 37.1 Å². The van der Waals surface area contributed by atoms with Crippen molar-refractivity contribution in [2.75, 3.05) is 13.3 Å². The van der Waals surface area contributed by atoms with Gasteiger partial charge in [0.25, 0.3) is 5.91 Å². The SMILES string of the molecule is CC(C)C(CCN)NC(=O)c1ccc2c(c1)OCO2. The van der Waals surface area contributed by atoms with Crippen molar-refractivity contribution in [3.05, 3.63) is 23.8 Å². The Morgan fingerprint density at radius 1 is 1.37 bits per heavy atom. The number of hydrogen-bond donors (Lipinski definition) is 2. The van der Waals surface area contributed by atoms with E-state index in [4.69, 9.17) is 15.2 Å². The molecule has 5 heteroatoms. The first-order valence-electron chi connectivity index (χ1n) is 6.52. The van der Waals surface area contributed by atoms with Gasteiger partial charge in [0, 0.05) is 11.6 Å². The molecule has 0 radical (unpaired) electrons. The summed E-state index contributed by atoms with van der Waals surface area (Å²) >= 11 is 0. The van der Waals surface area contributed by atoms with Gasteiger partial charge in [-0.2, -0.15) is 0 Å². The van der Waals surface area contributed by atoms with E-state index in [-0.39, 0.29) is 18.7 Å². The van der Waals surface area contributed by atoms with Crippen LogP contribution < -0.4 is 20.5 Å². The number of hydrogen-bond acceptors (Lipinski definition) is 4. The van der Waals surface area contributed by atoms with E-state index in [9.17, 15) is 4.79 Å². The number of fused-ring (bicyclic) bond motifs is 1. The number of ether oxygens (including phenoxy) is 2. The third-order valence-corrected chi connectivity index (χ3v) is 3.23. The lowest BCUT2D eigenvalue weighted by Crippen LogP contribution is -2.39. The molecule has 1 aliphatic heterocycles. The molecule has 1 aromatic carbocycles. The lowest BCUT2D eigenvalue weighted by molar-refractivity contribution is 0.0923. The molecule has 5 nitrogen and oxygen atoms in total. The number of carbonyl (C=O) groups excluding carboxylic acids is 1. The predicted octanol–water partition coefficient (Wildman–Crippen LogP) is 1.52. The Bertz CT molecular complexity index is 460. The van der Waals surface area contributed by atoms with Crippen LogP contribution in [0.15, 0.2) is 18.2 Å². The normalized spacial score (nSPS) is 14.5. The number of amides is 1. The summed E-state index contributed by atoms with van der Waals surface area (Å²) in [5.74, 6) is 1.54. The van der Waals surface area contributed by atoms with Gasteiger partial charge in [-0.3, -0.25) is 4.79 Å². The molecule has 1 amide bonds. The Morgan fingerprint density at radius 2 is 2.11 bits per heavy atom. The van der Waals surface area contributed by atoms with Crippen LogP contribution in [0.2, 0.25) is 0 Å². The Morgan fingerprint density at radius 3 is 2.79 bits per heavy atom. The fourth-order valence-electron chi connectivity index (χ4n) is 2.04. The Kier molecular flexibility index (Phi) is 4.27. The first-order chi connectivity index (χ1) is 9.11. The maximum Gasteiger partial charge on any atom is 0.251 e. The fraction of sp³-hybridized carbons (Fsp3) is 0.500. The first kappa shape index (κ1) is 13.7. The summed E-state index contributed by atoms with van der Waals surface area (Å²) in [5.41, 5.74) is 6.14. The summed E-state index contributed by atoms with van der Waals surface area (Å²) in [6, 6.07) is 5.29. The van der Waals surface area contributed by atoms with Crippen LogP contribution in [-0.4, -0.2) is 25.3 Å². The number of carbonyl (C=O) groups is 1. The van der Waals surface area contributed by atoms with E-state index < -0.39 is 0 Å². The van der Waals surface area contributed by atoms with Crippen LogP contribution in [0.1, 0.15) is 30.6 Å². The Labute approximate surface area is 113 Å². The van der Waals surface area contributed by atoms with Crippen molar-refractivity contribution in [3.8, 4) is 11.5 Å². The van der Waals surface area contributed by atoms with Gasteiger partial charge in [0.15, 0.2) is 11.5 Å². The molecule has 2 rings (SSSR count). The number of nitrogens with two attached hydrogens (primary N) is 1. The summed E-state index contributed by atoms with van der Waals surface area (Å²) in [6.45, 7) is 4.91.